The van der Waals surface area contributed by atoms with Crippen LogP contribution in [0.5, 0.6) is 0 Å². The Morgan fingerprint density at radius 3 is 2.84 bits per heavy atom. The molecule has 1 fully saturated rings. The summed E-state index contributed by atoms with van der Waals surface area (Å²) in [6.45, 7) is 0.583. The van der Waals surface area contributed by atoms with Gasteiger partial charge in [0.15, 0.2) is 11.5 Å². The molecule has 154 valence electrons. The van der Waals surface area contributed by atoms with Crippen molar-refractivity contribution in [2.75, 3.05) is 5.32 Å². The molecule has 6 rings (SSSR count). The Kier molecular flexibility index (Phi) is 4.01. The number of nitrogens with zero attached hydrogens (tertiary/aromatic N) is 9. The molecule has 10 nitrogen and oxygen atoms in total. The fraction of sp³-hybridized carbons (Fsp3) is 0.238. The van der Waals surface area contributed by atoms with Crippen LogP contribution in [0, 0.1) is 0 Å². The molecule has 0 aromatic carbocycles. The number of anilines is 2. The van der Waals surface area contributed by atoms with Gasteiger partial charge >= 0.3 is 0 Å². The van der Waals surface area contributed by atoms with Gasteiger partial charge < -0.3 is 5.32 Å². The van der Waals surface area contributed by atoms with E-state index in [1.807, 2.05) is 52.8 Å². The number of pyridine rings is 1. The molecule has 5 aromatic rings. The summed E-state index contributed by atoms with van der Waals surface area (Å²) in [6, 6.07) is 9.83. The van der Waals surface area contributed by atoms with Crippen LogP contribution in [0.3, 0.4) is 0 Å². The van der Waals surface area contributed by atoms with Crippen LogP contribution in [-0.2, 0) is 13.6 Å². The Balaban J connectivity index is 1.26. The summed E-state index contributed by atoms with van der Waals surface area (Å²) < 4.78 is 5.64. The SMILES string of the molecule is Cn1nccc1Nc1nccc(-c2ccn3c(Cn4ccc(C5CC5)n4)nnc3c2)n1. The second-order valence-corrected chi connectivity index (χ2v) is 7.70. The van der Waals surface area contributed by atoms with Crippen molar-refractivity contribution in [1.29, 1.82) is 0 Å². The highest BCUT2D eigenvalue weighted by Gasteiger charge is 2.25. The van der Waals surface area contributed by atoms with Crippen molar-refractivity contribution < 1.29 is 0 Å². The van der Waals surface area contributed by atoms with Crippen LogP contribution in [0.15, 0.2) is 55.1 Å². The lowest BCUT2D eigenvalue weighted by Crippen LogP contribution is -2.05. The molecule has 0 unspecified atom stereocenters. The van der Waals surface area contributed by atoms with Crippen LogP contribution in [0.2, 0.25) is 0 Å². The minimum atomic E-state index is 0.508. The minimum Gasteiger partial charge on any atom is -0.309 e. The zero-order valence-electron chi connectivity index (χ0n) is 16.9. The topological polar surface area (TPSA) is 104 Å². The summed E-state index contributed by atoms with van der Waals surface area (Å²) in [5, 5.41) is 20.7. The largest absolute Gasteiger partial charge is 0.309 e. The molecule has 10 heteroatoms. The van der Waals surface area contributed by atoms with Crippen molar-refractivity contribution in [3.63, 3.8) is 0 Å². The summed E-state index contributed by atoms with van der Waals surface area (Å²) >= 11 is 0. The van der Waals surface area contributed by atoms with Gasteiger partial charge in [-0.1, -0.05) is 0 Å². The molecule has 0 saturated heterocycles. The maximum Gasteiger partial charge on any atom is 0.228 e. The van der Waals surface area contributed by atoms with Crippen molar-refractivity contribution in [3.8, 4) is 11.3 Å². The number of aryl methyl sites for hydroxylation is 1. The smallest absolute Gasteiger partial charge is 0.228 e. The van der Waals surface area contributed by atoms with Crippen LogP contribution >= 0.6 is 0 Å². The first-order valence-electron chi connectivity index (χ1n) is 10.2. The molecule has 0 amide bonds. The lowest BCUT2D eigenvalue weighted by atomic mass is 10.2. The zero-order valence-corrected chi connectivity index (χ0v) is 16.9. The number of aromatic nitrogens is 9. The molecule has 31 heavy (non-hydrogen) atoms. The third kappa shape index (κ3) is 3.41. The first-order chi connectivity index (χ1) is 15.2. The van der Waals surface area contributed by atoms with Crippen molar-refractivity contribution >= 4 is 17.4 Å². The number of nitrogens with one attached hydrogen (secondary N) is 1. The fourth-order valence-corrected chi connectivity index (χ4v) is 3.61. The molecule has 1 aliphatic rings. The van der Waals surface area contributed by atoms with Gasteiger partial charge in [-0.05, 0) is 37.1 Å². The Morgan fingerprint density at radius 1 is 1.06 bits per heavy atom. The molecule has 0 atom stereocenters. The fourth-order valence-electron chi connectivity index (χ4n) is 3.61. The van der Waals surface area contributed by atoms with Gasteiger partial charge in [0.05, 0.1) is 17.6 Å². The number of hydrogen-bond acceptors (Lipinski definition) is 7. The standard InChI is InChI=1S/C21H20N10/c1-29-18(5-9-23-29)25-21-22-8-4-16(24-21)15-6-11-31-19(12-15)26-27-20(31)13-30-10-7-17(28-30)14-2-3-14/h4-12,14H,2-3,13H2,1H3,(H,22,24,25). The first-order valence-corrected chi connectivity index (χ1v) is 10.2. The zero-order chi connectivity index (χ0) is 20.8. The Morgan fingerprint density at radius 2 is 2.00 bits per heavy atom. The third-order valence-corrected chi connectivity index (χ3v) is 5.45. The maximum absolute atomic E-state index is 4.67. The minimum absolute atomic E-state index is 0.508. The van der Waals surface area contributed by atoms with Crippen LogP contribution in [-0.4, -0.2) is 44.1 Å². The summed E-state index contributed by atoms with van der Waals surface area (Å²) in [7, 11) is 1.86. The molecule has 0 spiro atoms. The van der Waals surface area contributed by atoms with Crippen LogP contribution < -0.4 is 5.32 Å². The average molecular weight is 412 g/mol. The average Bonchev–Trinajstić information content (AvgIpc) is 3.20. The van der Waals surface area contributed by atoms with Gasteiger partial charge in [0.25, 0.3) is 0 Å². The molecule has 1 N–H and O–H groups in total. The number of rotatable bonds is 6. The molecule has 0 radical (unpaired) electrons. The summed E-state index contributed by atoms with van der Waals surface area (Å²) in [5.41, 5.74) is 3.68. The Hall–Kier alpha value is -4.08. The summed E-state index contributed by atoms with van der Waals surface area (Å²) in [4.78, 5) is 8.94. The normalized spacial score (nSPS) is 13.7. The van der Waals surface area contributed by atoms with E-state index in [1.165, 1.54) is 18.5 Å². The summed E-state index contributed by atoms with van der Waals surface area (Å²) in [6.07, 6.45) is 9.93. The molecular formula is C21H20N10. The highest BCUT2D eigenvalue weighted by molar-refractivity contribution is 5.65. The molecule has 1 aliphatic carbocycles. The maximum atomic E-state index is 4.67. The molecule has 5 aromatic heterocycles. The van der Waals surface area contributed by atoms with Gasteiger partial charge in [-0.15, -0.1) is 10.2 Å². The van der Waals surface area contributed by atoms with Gasteiger partial charge in [0, 0.05) is 43.2 Å². The predicted molar refractivity (Wildman–Crippen MR) is 114 cm³/mol. The monoisotopic (exact) mass is 412 g/mol. The second-order valence-electron chi connectivity index (χ2n) is 7.70. The predicted octanol–water partition coefficient (Wildman–Crippen LogP) is 2.79. The molecule has 1 saturated carbocycles. The molecular weight excluding hydrogens is 392 g/mol. The van der Waals surface area contributed by atoms with Crippen molar-refractivity contribution in [2.45, 2.75) is 25.3 Å². The van der Waals surface area contributed by atoms with E-state index in [0.29, 0.717) is 18.4 Å². The lowest BCUT2D eigenvalue weighted by molar-refractivity contribution is 0.638. The van der Waals surface area contributed by atoms with E-state index in [0.717, 1.165) is 28.5 Å². The van der Waals surface area contributed by atoms with E-state index < -0.39 is 0 Å². The van der Waals surface area contributed by atoms with E-state index in [4.69, 9.17) is 0 Å². The highest BCUT2D eigenvalue weighted by Crippen LogP contribution is 2.38. The lowest BCUT2D eigenvalue weighted by Gasteiger charge is -2.07. The number of hydrogen-bond donors (Lipinski definition) is 1. The van der Waals surface area contributed by atoms with Crippen molar-refractivity contribution in [3.05, 3.63) is 66.6 Å². The van der Waals surface area contributed by atoms with Crippen molar-refractivity contribution in [2.24, 2.45) is 7.05 Å². The third-order valence-electron chi connectivity index (χ3n) is 5.45. The molecule has 0 bridgehead atoms. The second kappa shape index (κ2) is 7.01. The van der Waals surface area contributed by atoms with E-state index in [1.54, 1.807) is 17.1 Å². The van der Waals surface area contributed by atoms with Crippen molar-refractivity contribution in [1.82, 2.24) is 44.1 Å². The van der Waals surface area contributed by atoms with Gasteiger partial charge in [0.2, 0.25) is 5.95 Å². The molecule has 0 aliphatic heterocycles. The van der Waals surface area contributed by atoms with E-state index in [2.05, 4.69) is 41.7 Å². The van der Waals surface area contributed by atoms with Crippen LogP contribution in [0.25, 0.3) is 16.9 Å². The van der Waals surface area contributed by atoms with Gasteiger partial charge in [-0.2, -0.15) is 10.2 Å². The Labute approximate surface area is 177 Å². The van der Waals surface area contributed by atoms with E-state index >= 15 is 0 Å². The van der Waals surface area contributed by atoms with E-state index in [-0.39, 0.29) is 0 Å². The van der Waals surface area contributed by atoms with Crippen LogP contribution in [0.4, 0.5) is 11.8 Å². The Bertz CT molecular complexity index is 1370. The number of fused-ring (bicyclic) bond motifs is 1. The van der Waals surface area contributed by atoms with Gasteiger partial charge in [-0.25, -0.2) is 9.97 Å². The summed E-state index contributed by atoms with van der Waals surface area (Å²) in [5.74, 6) is 2.81. The van der Waals surface area contributed by atoms with E-state index in [9.17, 15) is 0 Å². The van der Waals surface area contributed by atoms with Gasteiger partial charge in [-0.3, -0.25) is 13.8 Å². The highest BCUT2D eigenvalue weighted by atomic mass is 15.3. The quantitative estimate of drug-likeness (QED) is 0.457. The molecule has 5 heterocycles. The van der Waals surface area contributed by atoms with Gasteiger partial charge in [0.1, 0.15) is 12.4 Å². The van der Waals surface area contributed by atoms with Crippen LogP contribution in [0.1, 0.15) is 30.3 Å². The first kappa shape index (κ1) is 17.8.